The van der Waals surface area contributed by atoms with E-state index in [-0.39, 0.29) is 11.2 Å². The zero-order valence-electron chi connectivity index (χ0n) is 11.7. The first-order valence-electron chi connectivity index (χ1n) is 6.55. The van der Waals surface area contributed by atoms with Crippen molar-refractivity contribution in [3.8, 4) is 0 Å². The molecular formula is C14H21N3OS. The second-order valence-corrected chi connectivity index (χ2v) is 6.28. The summed E-state index contributed by atoms with van der Waals surface area (Å²) in [5.41, 5.74) is 7.52. The molecule has 4 nitrogen and oxygen atoms in total. The zero-order valence-corrected chi connectivity index (χ0v) is 12.5. The van der Waals surface area contributed by atoms with E-state index in [9.17, 15) is 4.79 Å². The van der Waals surface area contributed by atoms with Crippen molar-refractivity contribution in [2.45, 2.75) is 23.5 Å². The van der Waals surface area contributed by atoms with Gasteiger partial charge in [-0.1, -0.05) is 6.92 Å². The third-order valence-corrected chi connectivity index (χ3v) is 4.64. The van der Waals surface area contributed by atoms with Crippen molar-refractivity contribution >= 4 is 29.0 Å². The third-order valence-electron chi connectivity index (χ3n) is 3.23. The van der Waals surface area contributed by atoms with Crippen molar-refractivity contribution in [3.63, 3.8) is 0 Å². The van der Waals surface area contributed by atoms with Crippen molar-refractivity contribution in [2.24, 2.45) is 0 Å². The van der Waals surface area contributed by atoms with Crippen molar-refractivity contribution < 1.29 is 4.79 Å². The number of rotatable bonds is 4. The highest BCUT2D eigenvalue weighted by atomic mass is 32.2. The molecule has 0 aliphatic carbocycles. The number of amides is 1. The maximum atomic E-state index is 12.5. The summed E-state index contributed by atoms with van der Waals surface area (Å²) in [5, 5.41) is 0.0262. The van der Waals surface area contributed by atoms with Crippen LogP contribution in [0.5, 0.6) is 0 Å². The number of carbonyl (C=O) groups is 1. The number of hydrogen-bond acceptors (Lipinski definition) is 4. The van der Waals surface area contributed by atoms with Crippen LogP contribution < -0.4 is 10.6 Å². The van der Waals surface area contributed by atoms with Crippen LogP contribution in [0.4, 0.5) is 11.4 Å². The molecule has 1 heterocycles. The molecule has 1 unspecified atom stereocenters. The molecule has 1 amide bonds. The summed E-state index contributed by atoms with van der Waals surface area (Å²) >= 11 is 1.65. The lowest BCUT2D eigenvalue weighted by atomic mass is 10.2. The Kier molecular flexibility index (Phi) is 4.37. The summed E-state index contributed by atoms with van der Waals surface area (Å²) in [6.07, 6.45) is 0.853. The van der Waals surface area contributed by atoms with Gasteiger partial charge in [-0.15, -0.1) is 11.8 Å². The highest BCUT2D eigenvalue weighted by Gasteiger charge is 2.32. The number of hydrogen-bond donors (Lipinski definition) is 1. The molecule has 1 aliphatic heterocycles. The van der Waals surface area contributed by atoms with Gasteiger partial charge < -0.3 is 15.5 Å². The molecule has 1 aliphatic rings. The summed E-state index contributed by atoms with van der Waals surface area (Å²) < 4.78 is 0. The molecule has 0 radical (unpaired) electrons. The number of fused-ring (bicyclic) bond motifs is 1. The molecule has 0 bridgehead atoms. The Bertz CT molecular complexity index is 476. The van der Waals surface area contributed by atoms with Crippen molar-refractivity contribution in [1.29, 1.82) is 0 Å². The first-order valence-corrected chi connectivity index (χ1v) is 7.43. The lowest BCUT2D eigenvalue weighted by Crippen LogP contribution is -2.44. The van der Waals surface area contributed by atoms with Gasteiger partial charge in [0.2, 0.25) is 5.91 Å². The normalized spacial score (nSPS) is 18.8. The smallest absolute Gasteiger partial charge is 0.240 e. The Morgan fingerprint density at radius 1 is 1.42 bits per heavy atom. The Hall–Kier alpha value is -1.20. The van der Waals surface area contributed by atoms with E-state index in [1.54, 1.807) is 11.8 Å². The topological polar surface area (TPSA) is 49.6 Å². The average Bonchev–Trinajstić information content (AvgIpc) is 2.37. The fourth-order valence-corrected chi connectivity index (χ4v) is 3.27. The van der Waals surface area contributed by atoms with E-state index in [0.717, 1.165) is 23.5 Å². The fourth-order valence-electron chi connectivity index (χ4n) is 2.13. The van der Waals surface area contributed by atoms with Gasteiger partial charge in [0.15, 0.2) is 0 Å². The Balaban J connectivity index is 2.32. The summed E-state index contributed by atoms with van der Waals surface area (Å²) in [4.78, 5) is 17.6. The molecule has 0 saturated heterocycles. The van der Waals surface area contributed by atoms with Crippen LogP contribution in [0.3, 0.4) is 0 Å². The first-order chi connectivity index (χ1) is 9.02. The average molecular weight is 279 g/mol. The largest absolute Gasteiger partial charge is 0.399 e. The number of carbonyl (C=O) groups excluding carboxylic acids is 1. The SMILES string of the molecule is CCC1Sc2ccc(N)cc2N(CCN(C)C)C1=O. The fraction of sp³-hybridized carbons (Fsp3) is 0.500. The van der Waals surface area contributed by atoms with E-state index in [1.807, 2.05) is 37.2 Å². The lowest BCUT2D eigenvalue weighted by molar-refractivity contribution is -0.118. The van der Waals surface area contributed by atoms with Crippen LogP contribution >= 0.6 is 11.8 Å². The van der Waals surface area contributed by atoms with Gasteiger partial charge in [0.25, 0.3) is 0 Å². The van der Waals surface area contributed by atoms with Crippen LogP contribution in [0.15, 0.2) is 23.1 Å². The van der Waals surface area contributed by atoms with Crippen molar-refractivity contribution in [1.82, 2.24) is 4.90 Å². The van der Waals surface area contributed by atoms with E-state index < -0.39 is 0 Å². The van der Waals surface area contributed by atoms with Gasteiger partial charge >= 0.3 is 0 Å². The second kappa shape index (κ2) is 5.84. The van der Waals surface area contributed by atoms with Gasteiger partial charge in [-0.25, -0.2) is 0 Å². The molecule has 0 fully saturated rings. The highest BCUT2D eigenvalue weighted by Crippen LogP contribution is 2.41. The molecule has 1 atom stereocenters. The molecule has 1 aromatic carbocycles. The van der Waals surface area contributed by atoms with E-state index in [2.05, 4.69) is 11.8 Å². The van der Waals surface area contributed by atoms with Crippen LogP contribution in [0.2, 0.25) is 0 Å². The first kappa shape index (κ1) is 14.2. The van der Waals surface area contributed by atoms with Gasteiger partial charge in [0, 0.05) is 23.7 Å². The van der Waals surface area contributed by atoms with Crippen LogP contribution in [-0.4, -0.2) is 43.2 Å². The van der Waals surface area contributed by atoms with Gasteiger partial charge in [0.1, 0.15) is 0 Å². The third kappa shape index (κ3) is 3.04. The molecule has 5 heteroatoms. The zero-order chi connectivity index (χ0) is 14.0. The van der Waals surface area contributed by atoms with Crippen LogP contribution in [0.25, 0.3) is 0 Å². The molecule has 0 saturated carbocycles. The van der Waals surface area contributed by atoms with E-state index in [1.165, 1.54) is 0 Å². The van der Waals surface area contributed by atoms with Gasteiger partial charge in [-0.3, -0.25) is 4.79 Å². The molecular weight excluding hydrogens is 258 g/mol. The van der Waals surface area contributed by atoms with Gasteiger partial charge in [-0.05, 0) is 38.7 Å². The van der Waals surface area contributed by atoms with Crippen LogP contribution in [-0.2, 0) is 4.79 Å². The van der Waals surface area contributed by atoms with Crippen molar-refractivity contribution in [3.05, 3.63) is 18.2 Å². The minimum atomic E-state index is 0.0262. The number of nitrogens with two attached hydrogens (primary N) is 1. The van der Waals surface area contributed by atoms with Gasteiger partial charge in [0.05, 0.1) is 10.9 Å². The van der Waals surface area contributed by atoms with Crippen LogP contribution in [0.1, 0.15) is 13.3 Å². The Morgan fingerprint density at radius 3 is 2.79 bits per heavy atom. The number of thioether (sulfide) groups is 1. The number of anilines is 2. The van der Waals surface area contributed by atoms with Gasteiger partial charge in [-0.2, -0.15) is 0 Å². The van der Waals surface area contributed by atoms with E-state index in [4.69, 9.17) is 5.73 Å². The lowest BCUT2D eigenvalue weighted by Gasteiger charge is -2.34. The van der Waals surface area contributed by atoms with Crippen LogP contribution in [0, 0.1) is 0 Å². The standard InChI is InChI=1S/C14H21N3OS/c1-4-12-14(18)17(8-7-16(2)3)11-9-10(15)5-6-13(11)19-12/h5-6,9,12H,4,7-8,15H2,1-3H3. The molecule has 104 valence electrons. The molecule has 2 N–H and O–H groups in total. The summed E-state index contributed by atoms with van der Waals surface area (Å²) in [5.74, 6) is 0.201. The van der Waals surface area contributed by atoms with E-state index >= 15 is 0 Å². The summed E-state index contributed by atoms with van der Waals surface area (Å²) in [7, 11) is 4.03. The summed E-state index contributed by atoms with van der Waals surface area (Å²) in [6, 6.07) is 5.83. The number of nitrogens with zero attached hydrogens (tertiary/aromatic N) is 2. The minimum Gasteiger partial charge on any atom is -0.399 e. The molecule has 0 aromatic heterocycles. The Morgan fingerprint density at radius 2 is 2.16 bits per heavy atom. The molecule has 1 aromatic rings. The Labute approximate surface area is 118 Å². The predicted molar refractivity (Wildman–Crippen MR) is 81.7 cm³/mol. The number of likely N-dealkylation sites (N-methyl/N-ethyl adjacent to an activating group) is 1. The monoisotopic (exact) mass is 279 g/mol. The molecule has 2 rings (SSSR count). The maximum Gasteiger partial charge on any atom is 0.240 e. The number of benzene rings is 1. The second-order valence-electron chi connectivity index (χ2n) is 5.04. The summed E-state index contributed by atoms with van der Waals surface area (Å²) in [6.45, 7) is 3.61. The van der Waals surface area contributed by atoms with E-state index in [0.29, 0.717) is 12.2 Å². The molecule has 19 heavy (non-hydrogen) atoms. The quantitative estimate of drug-likeness (QED) is 0.857. The maximum absolute atomic E-state index is 12.5. The highest BCUT2D eigenvalue weighted by molar-refractivity contribution is 8.01. The molecule has 0 spiro atoms. The predicted octanol–water partition coefficient (Wildman–Crippen LogP) is 2.05. The minimum absolute atomic E-state index is 0.0262. The number of nitrogen functional groups attached to an aromatic ring is 1. The van der Waals surface area contributed by atoms with Crippen molar-refractivity contribution in [2.75, 3.05) is 37.8 Å².